The molecule has 1 unspecified atom stereocenters. The summed E-state index contributed by atoms with van der Waals surface area (Å²) in [6, 6.07) is 4.65. The quantitative estimate of drug-likeness (QED) is 0.703. The molecule has 0 aromatic heterocycles. The van der Waals surface area contributed by atoms with Crippen LogP contribution in [0.25, 0.3) is 0 Å². The predicted molar refractivity (Wildman–Crippen MR) is 71.4 cm³/mol. The molecule has 6 heteroatoms. The number of carbonyl (C=O) groups excluding carboxylic acids is 1. The maximum Gasteiger partial charge on any atom is 0.254 e. The third-order valence-corrected chi connectivity index (χ3v) is 3.31. The Bertz CT molecular complexity index is 464. The van der Waals surface area contributed by atoms with Gasteiger partial charge in [0.05, 0.1) is 13.2 Å². The number of benzene rings is 1. The van der Waals surface area contributed by atoms with Gasteiger partial charge in [0.2, 0.25) is 0 Å². The van der Waals surface area contributed by atoms with Gasteiger partial charge in [0, 0.05) is 31.7 Å². The maximum atomic E-state index is 12.4. The van der Waals surface area contributed by atoms with Crippen molar-refractivity contribution in [2.24, 2.45) is 5.73 Å². The van der Waals surface area contributed by atoms with Gasteiger partial charge in [-0.2, -0.15) is 0 Å². The SMILES string of the molecule is COc1ccc(C(=O)N2CCNCC2CN)cc1O. The summed E-state index contributed by atoms with van der Waals surface area (Å²) in [7, 11) is 1.47. The molecule has 19 heavy (non-hydrogen) atoms. The Hall–Kier alpha value is -1.79. The Morgan fingerprint density at radius 1 is 1.63 bits per heavy atom. The minimum Gasteiger partial charge on any atom is -0.504 e. The Kier molecular flexibility index (Phi) is 4.24. The zero-order valence-corrected chi connectivity index (χ0v) is 10.9. The number of ether oxygens (including phenoxy) is 1. The van der Waals surface area contributed by atoms with Crippen molar-refractivity contribution in [3.63, 3.8) is 0 Å². The molecule has 1 aromatic carbocycles. The molecule has 1 saturated heterocycles. The first-order chi connectivity index (χ1) is 9.17. The van der Waals surface area contributed by atoms with Crippen molar-refractivity contribution in [3.8, 4) is 11.5 Å². The van der Waals surface area contributed by atoms with Gasteiger partial charge in [-0.1, -0.05) is 0 Å². The van der Waals surface area contributed by atoms with E-state index in [1.807, 2.05) is 0 Å². The monoisotopic (exact) mass is 265 g/mol. The number of hydrogen-bond acceptors (Lipinski definition) is 5. The Morgan fingerprint density at radius 2 is 2.42 bits per heavy atom. The second kappa shape index (κ2) is 5.90. The number of nitrogens with two attached hydrogens (primary N) is 1. The third-order valence-electron chi connectivity index (χ3n) is 3.31. The molecule has 1 aliphatic rings. The summed E-state index contributed by atoms with van der Waals surface area (Å²) in [6.07, 6.45) is 0. The summed E-state index contributed by atoms with van der Waals surface area (Å²) in [5.41, 5.74) is 6.12. The average Bonchev–Trinajstić information content (AvgIpc) is 2.46. The van der Waals surface area contributed by atoms with Gasteiger partial charge in [0.25, 0.3) is 5.91 Å². The molecule has 0 radical (unpaired) electrons. The highest BCUT2D eigenvalue weighted by molar-refractivity contribution is 5.95. The molecule has 6 nitrogen and oxygen atoms in total. The zero-order valence-electron chi connectivity index (χ0n) is 10.9. The number of phenols is 1. The molecule has 4 N–H and O–H groups in total. The number of amides is 1. The van der Waals surface area contributed by atoms with Crippen LogP contribution in [0.1, 0.15) is 10.4 Å². The molecule has 0 bridgehead atoms. The molecule has 1 atom stereocenters. The Morgan fingerprint density at radius 3 is 3.05 bits per heavy atom. The first-order valence-corrected chi connectivity index (χ1v) is 6.26. The first-order valence-electron chi connectivity index (χ1n) is 6.26. The lowest BCUT2D eigenvalue weighted by Crippen LogP contribution is -2.56. The van der Waals surface area contributed by atoms with Gasteiger partial charge in [0.1, 0.15) is 0 Å². The van der Waals surface area contributed by atoms with E-state index in [-0.39, 0.29) is 17.7 Å². The van der Waals surface area contributed by atoms with Crippen LogP contribution in [-0.2, 0) is 0 Å². The molecule has 0 aliphatic carbocycles. The smallest absolute Gasteiger partial charge is 0.254 e. The second-order valence-corrected chi connectivity index (χ2v) is 4.48. The number of carbonyl (C=O) groups is 1. The number of nitrogens with zero attached hydrogens (tertiary/aromatic N) is 1. The van der Waals surface area contributed by atoms with Gasteiger partial charge in [-0.15, -0.1) is 0 Å². The highest BCUT2D eigenvalue weighted by atomic mass is 16.5. The van der Waals surface area contributed by atoms with Gasteiger partial charge in [-0.05, 0) is 18.2 Å². The van der Waals surface area contributed by atoms with Crippen molar-refractivity contribution < 1.29 is 14.6 Å². The standard InChI is InChI=1S/C13H19N3O3/c1-19-12-3-2-9(6-11(12)17)13(18)16-5-4-15-8-10(16)7-14/h2-3,6,10,15,17H,4-5,7-8,14H2,1H3. The fraction of sp³-hybridized carbons (Fsp3) is 0.462. The van der Waals surface area contributed by atoms with Crippen LogP contribution in [0.5, 0.6) is 11.5 Å². The van der Waals surface area contributed by atoms with E-state index < -0.39 is 0 Å². The largest absolute Gasteiger partial charge is 0.504 e. The number of methoxy groups -OCH3 is 1. The van der Waals surface area contributed by atoms with E-state index in [9.17, 15) is 9.90 Å². The summed E-state index contributed by atoms with van der Waals surface area (Å²) in [5, 5.41) is 12.9. The van der Waals surface area contributed by atoms with Crippen molar-refractivity contribution in [2.75, 3.05) is 33.3 Å². The third kappa shape index (κ3) is 2.80. The van der Waals surface area contributed by atoms with Crippen LogP contribution in [0, 0.1) is 0 Å². The number of phenolic OH excluding ortho intramolecular Hbond substituents is 1. The molecule has 1 heterocycles. The Balaban J connectivity index is 2.20. The van der Waals surface area contributed by atoms with Gasteiger partial charge < -0.3 is 25.8 Å². The first kappa shape index (κ1) is 13.6. The van der Waals surface area contributed by atoms with Crippen LogP contribution in [0.2, 0.25) is 0 Å². The zero-order chi connectivity index (χ0) is 13.8. The lowest BCUT2D eigenvalue weighted by Gasteiger charge is -2.35. The van der Waals surface area contributed by atoms with Gasteiger partial charge in [-0.3, -0.25) is 4.79 Å². The summed E-state index contributed by atoms with van der Waals surface area (Å²) in [4.78, 5) is 14.2. The van der Waals surface area contributed by atoms with Crippen LogP contribution in [0.15, 0.2) is 18.2 Å². The highest BCUT2D eigenvalue weighted by Crippen LogP contribution is 2.27. The van der Waals surface area contributed by atoms with Crippen LogP contribution in [-0.4, -0.2) is 55.2 Å². The van der Waals surface area contributed by atoms with E-state index >= 15 is 0 Å². The second-order valence-electron chi connectivity index (χ2n) is 4.48. The summed E-state index contributed by atoms with van der Waals surface area (Å²) < 4.78 is 4.96. The van der Waals surface area contributed by atoms with E-state index in [4.69, 9.17) is 10.5 Å². The van der Waals surface area contributed by atoms with Crippen molar-refractivity contribution in [3.05, 3.63) is 23.8 Å². The van der Waals surface area contributed by atoms with Gasteiger partial charge >= 0.3 is 0 Å². The molecule has 1 aliphatic heterocycles. The Labute approximate surface area is 112 Å². The van der Waals surface area contributed by atoms with E-state index in [0.717, 1.165) is 6.54 Å². The fourth-order valence-corrected chi connectivity index (χ4v) is 2.23. The number of aromatic hydroxyl groups is 1. The van der Waals surface area contributed by atoms with Crippen molar-refractivity contribution in [2.45, 2.75) is 6.04 Å². The number of hydrogen-bond donors (Lipinski definition) is 3. The average molecular weight is 265 g/mol. The molecule has 1 aromatic rings. The molecule has 0 spiro atoms. The predicted octanol–water partition coefficient (Wildman–Crippen LogP) is -0.226. The minimum absolute atomic E-state index is 0.00880. The molecule has 104 valence electrons. The van der Waals surface area contributed by atoms with Crippen LogP contribution < -0.4 is 15.8 Å². The number of piperazine rings is 1. The lowest BCUT2D eigenvalue weighted by atomic mass is 10.1. The lowest BCUT2D eigenvalue weighted by molar-refractivity contribution is 0.0644. The maximum absolute atomic E-state index is 12.4. The van der Waals surface area contributed by atoms with E-state index in [1.54, 1.807) is 17.0 Å². The molecular formula is C13H19N3O3. The molecule has 2 rings (SSSR count). The fourth-order valence-electron chi connectivity index (χ4n) is 2.23. The minimum atomic E-state index is -0.116. The van der Waals surface area contributed by atoms with E-state index in [2.05, 4.69) is 5.32 Å². The normalized spacial score (nSPS) is 19.3. The number of rotatable bonds is 3. The molecular weight excluding hydrogens is 246 g/mol. The van der Waals surface area contributed by atoms with Crippen molar-refractivity contribution in [1.29, 1.82) is 0 Å². The van der Waals surface area contributed by atoms with Crippen LogP contribution in [0.4, 0.5) is 0 Å². The van der Waals surface area contributed by atoms with Crippen molar-refractivity contribution >= 4 is 5.91 Å². The summed E-state index contributed by atoms with van der Waals surface area (Å²) >= 11 is 0. The van der Waals surface area contributed by atoms with Crippen LogP contribution in [0.3, 0.4) is 0 Å². The molecule has 0 saturated carbocycles. The van der Waals surface area contributed by atoms with E-state index in [0.29, 0.717) is 30.9 Å². The van der Waals surface area contributed by atoms with E-state index in [1.165, 1.54) is 13.2 Å². The highest BCUT2D eigenvalue weighted by Gasteiger charge is 2.26. The molecule has 1 fully saturated rings. The number of nitrogens with one attached hydrogen (secondary N) is 1. The summed E-state index contributed by atoms with van der Waals surface area (Å²) in [6.45, 7) is 2.49. The van der Waals surface area contributed by atoms with Gasteiger partial charge in [0.15, 0.2) is 11.5 Å². The summed E-state index contributed by atoms with van der Waals surface area (Å²) in [5.74, 6) is 0.204. The topological polar surface area (TPSA) is 87.8 Å². The van der Waals surface area contributed by atoms with Crippen molar-refractivity contribution in [1.82, 2.24) is 10.2 Å². The van der Waals surface area contributed by atoms with Gasteiger partial charge in [-0.25, -0.2) is 0 Å². The molecule has 1 amide bonds. The van der Waals surface area contributed by atoms with Crippen LogP contribution >= 0.6 is 0 Å².